The summed E-state index contributed by atoms with van der Waals surface area (Å²) in [4.78, 5) is 22.7. The van der Waals surface area contributed by atoms with E-state index in [1.165, 1.54) is 0 Å². The summed E-state index contributed by atoms with van der Waals surface area (Å²) in [6.07, 6.45) is -0.310. The van der Waals surface area contributed by atoms with E-state index in [1.54, 1.807) is 6.92 Å². The van der Waals surface area contributed by atoms with Gasteiger partial charge in [-0.15, -0.1) is 0 Å². The van der Waals surface area contributed by atoms with Crippen LogP contribution in [0.25, 0.3) is 10.9 Å². The molecule has 94 valence electrons. The number of carbonyl (C=O) groups is 2. The van der Waals surface area contributed by atoms with E-state index in [4.69, 9.17) is 4.74 Å². The number of hydrogen-bond donors (Lipinski definition) is 2. The lowest BCUT2D eigenvalue weighted by Gasteiger charge is -2.02. The van der Waals surface area contributed by atoms with Crippen LogP contribution in [0, 0.1) is 0 Å². The van der Waals surface area contributed by atoms with E-state index in [0.717, 1.165) is 10.9 Å². The van der Waals surface area contributed by atoms with Crippen LogP contribution in [0.4, 0.5) is 5.82 Å². The molecule has 2 aromatic rings. The average Bonchev–Trinajstić information content (AvgIpc) is 2.73. The van der Waals surface area contributed by atoms with Gasteiger partial charge in [0, 0.05) is 5.39 Å². The van der Waals surface area contributed by atoms with Crippen LogP contribution in [0.5, 0.6) is 0 Å². The number of esters is 1. The minimum absolute atomic E-state index is 0.261. The van der Waals surface area contributed by atoms with E-state index < -0.39 is 11.9 Å². The smallest absolute Gasteiger partial charge is 0.315 e. The fourth-order valence-corrected chi connectivity index (χ4v) is 1.58. The molecule has 6 nitrogen and oxygen atoms in total. The van der Waals surface area contributed by atoms with Crippen molar-refractivity contribution in [3.8, 4) is 0 Å². The summed E-state index contributed by atoms with van der Waals surface area (Å²) < 4.78 is 4.69. The van der Waals surface area contributed by atoms with Crippen molar-refractivity contribution in [3.63, 3.8) is 0 Å². The highest BCUT2D eigenvalue weighted by molar-refractivity contribution is 6.05. The lowest BCUT2D eigenvalue weighted by molar-refractivity contribution is -0.145. The minimum atomic E-state index is -0.546. The molecule has 1 aromatic carbocycles. The second-order valence-electron chi connectivity index (χ2n) is 3.65. The number of para-hydroxylation sites is 1. The first-order valence-electron chi connectivity index (χ1n) is 5.59. The number of H-pyrrole nitrogens is 1. The Morgan fingerprint density at radius 3 is 2.94 bits per heavy atom. The molecular weight excluding hydrogens is 234 g/mol. The normalized spacial score (nSPS) is 10.3. The monoisotopic (exact) mass is 247 g/mol. The van der Waals surface area contributed by atoms with Gasteiger partial charge < -0.3 is 10.1 Å². The van der Waals surface area contributed by atoms with Gasteiger partial charge in [-0.1, -0.05) is 12.1 Å². The van der Waals surface area contributed by atoms with Gasteiger partial charge in [-0.05, 0) is 19.1 Å². The Balaban J connectivity index is 2.05. The first-order chi connectivity index (χ1) is 8.70. The predicted octanol–water partition coefficient (Wildman–Crippen LogP) is 1.45. The summed E-state index contributed by atoms with van der Waals surface area (Å²) >= 11 is 0. The van der Waals surface area contributed by atoms with Crippen molar-refractivity contribution >= 4 is 28.6 Å². The van der Waals surface area contributed by atoms with E-state index >= 15 is 0 Å². The second kappa shape index (κ2) is 5.31. The molecule has 0 bridgehead atoms. The number of ether oxygens (including phenoxy) is 1. The molecule has 0 saturated heterocycles. The molecule has 0 unspecified atom stereocenters. The van der Waals surface area contributed by atoms with E-state index in [9.17, 15) is 9.59 Å². The molecule has 0 spiro atoms. The van der Waals surface area contributed by atoms with Gasteiger partial charge in [0.15, 0.2) is 5.82 Å². The molecule has 18 heavy (non-hydrogen) atoms. The zero-order valence-electron chi connectivity index (χ0n) is 9.90. The van der Waals surface area contributed by atoms with Gasteiger partial charge in [-0.25, -0.2) is 0 Å². The van der Waals surface area contributed by atoms with Crippen LogP contribution >= 0.6 is 0 Å². The number of hydrogen-bond acceptors (Lipinski definition) is 4. The molecule has 1 heterocycles. The van der Waals surface area contributed by atoms with Crippen molar-refractivity contribution in [2.24, 2.45) is 0 Å². The topological polar surface area (TPSA) is 84.1 Å². The molecule has 0 aliphatic heterocycles. The van der Waals surface area contributed by atoms with Gasteiger partial charge >= 0.3 is 5.97 Å². The fourth-order valence-electron chi connectivity index (χ4n) is 1.58. The highest BCUT2D eigenvalue weighted by atomic mass is 16.5. The maximum Gasteiger partial charge on any atom is 0.315 e. The highest BCUT2D eigenvalue weighted by Gasteiger charge is 2.13. The van der Waals surface area contributed by atoms with Gasteiger partial charge in [0.1, 0.15) is 6.42 Å². The summed E-state index contributed by atoms with van der Waals surface area (Å²) in [7, 11) is 0. The Morgan fingerprint density at radius 1 is 1.39 bits per heavy atom. The Hall–Kier alpha value is -2.37. The maximum atomic E-state index is 11.6. The quantitative estimate of drug-likeness (QED) is 0.632. The third-order valence-electron chi connectivity index (χ3n) is 2.34. The number of anilines is 1. The molecular formula is C12H13N3O3. The van der Waals surface area contributed by atoms with Crippen molar-refractivity contribution in [2.75, 3.05) is 11.9 Å². The number of aromatic nitrogens is 2. The van der Waals surface area contributed by atoms with Crippen molar-refractivity contribution < 1.29 is 14.3 Å². The number of carbonyl (C=O) groups excluding carboxylic acids is 2. The Kier molecular flexibility index (Phi) is 3.57. The van der Waals surface area contributed by atoms with Gasteiger partial charge in [0.25, 0.3) is 0 Å². The van der Waals surface area contributed by atoms with Crippen LogP contribution in [-0.2, 0) is 14.3 Å². The Bertz CT molecular complexity index is 577. The molecule has 0 aliphatic carbocycles. The van der Waals surface area contributed by atoms with E-state index in [0.29, 0.717) is 5.82 Å². The molecule has 1 amide bonds. The van der Waals surface area contributed by atoms with Crippen LogP contribution in [0.3, 0.4) is 0 Å². The first-order valence-corrected chi connectivity index (χ1v) is 5.59. The van der Waals surface area contributed by atoms with Crippen molar-refractivity contribution in [2.45, 2.75) is 13.3 Å². The molecule has 1 aromatic heterocycles. The number of nitrogens with zero attached hydrogens (tertiary/aromatic N) is 1. The highest BCUT2D eigenvalue weighted by Crippen LogP contribution is 2.19. The zero-order chi connectivity index (χ0) is 13.0. The summed E-state index contributed by atoms with van der Waals surface area (Å²) in [6.45, 7) is 1.95. The molecule has 2 rings (SSSR count). The van der Waals surface area contributed by atoms with Gasteiger partial charge in [0.2, 0.25) is 5.91 Å². The molecule has 0 aliphatic rings. The number of fused-ring (bicyclic) bond motifs is 1. The van der Waals surface area contributed by atoms with E-state index in [2.05, 4.69) is 15.5 Å². The predicted molar refractivity (Wildman–Crippen MR) is 66.0 cm³/mol. The van der Waals surface area contributed by atoms with Crippen LogP contribution in [0.15, 0.2) is 24.3 Å². The Morgan fingerprint density at radius 2 is 2.17 bits per heavy atom. The van der Waals surface area contributed by atoms with Crippen molar-refractivity contribution in [3.05, 3.63) is 24.3 Å². The standard InChI is InChI=1S/C12H13N3O3/c1-2-18-11(17)7-10(16)13-12-8-5-3-4-6-9(8)14-15-12/h3-6H,2,7H2,1H3,(H2,13,14,15,16). The van der Waals surface area contributed by atoms with Crippen molar-refractivity contribution in [1.82, 2.24) is 10.2 Å². The second-order valence-corrected chi connectivity index (χ2v) is 3.65. The number of rotatable bonds is 4. The summed E-state index contributed by atoms with van der Waals surface area (Å²) in [5.74, 6) is -0.569. The minimum Gasteiger partial charge on any atom is -0.466 e. The molecule has 0 radical (unpaired) electrons. The lowest BCUT2D eigenvalue weighted by atomic mass is 10.2. The molecule has 2 N–H and O–H groups in total. The number of aromatic amines is 1. The first kappa shape index (κ1) is 12.1. The van der Waals surface area contributed by atoms with Crippen LogP contribution in [0.1, 0.15) is 13.3 Å². The van der Waals surface area contributed by atoms with E-state index in [1.807, 2.05) is 24.3 Å². The van der Waals surface area contributed by atoms with E-state index in [-0.39, 0.29) is 13.0 Å². The van der Waals surface area contributed by atoms with Gasteiger partial charge in [-0.3, -0.25) is 14.7 Å². The van der Waals surface area contributed by atoms with Crippen LogP contribution in [-0.4, -0.2) is 28.7 Å². The third kappa shape index (κ3) is 2.65. The molecule has 0 fully saturated rings. The Labute approximate surface area is 103 Å². The fraction of sp³-hybridized carbons (Fsp3) is 0.250. The van der Waals surface area contributed by atoms with Crippen molar-refractivity contribution in [1.29, 1.82) is 0 Å². The van der Waals surface area contributed by atoms with Crippen LogP contribution < -0.4 is 5.32 Å². The lowest BCUT2D eigenvalue weighted by Crippen LogP contribution is -2.18. The summed E-state index contributed by atoms with van der Waals surface area (Å²) in [6, 6.07) is 7.39. The van der Waals surface area contributed by atoms with Crippen LogP contribution in [0.2, 0.25) is 0 Å². The zero-order valence-corrected chi connectivity index (χ0v) is 9.90. The number of amides is 1. The van der Waals surface area contributed by atoms with Gasteiger partial charge in [-0.2, -0.15) is 5.10 Å². The maximum absolute atomic E-state index is 11.6. The average molecular weight is 247 g/mol. The summed E-state index contributed by atoms with van der Waals surface area (Å²) in [5.41, 5.74) is 0.823. The SMILES string of the molecule is CCOC(=O)CC(=O)Nc1n[nH]c2ccccc12. The third-order valence-corrected chi connectivity index (χ3v) is 2.34. The number of nitrogens with one attached hydrogen (secondary N) is 2. The molecule has 0 atom stereocenters. The molecule has 0 saturated carbocycles. The number of benzene rings is 1. The summed E-state index contributed by atoms with van der Waals surface area (Å²) in [5, 5.41) is 10.1. The largest absolute Gasteiger partial charge is 0.466 e. The molecule has 6 heteroatoms. The van der Waals surface area contributed by atoms with Gasteiger partial charge in [0.05, 0.1) is 12.1 Å².